The van der Waals surface area contributed by atoms with Crippen LogP contribution in [0.1, 0.15) is 19.8 Å². The number of piperidine rings is 1. The number of ether oxygens (including phenoxy) is 1. The van der Waals surface area contributed by atoms with Crippen molar-refractivity contribution >= 4 is 12.0 Å². The third-order valence-electron chi connectivity index (χ3n) is 3.69. The number of carbonyl (C=O) groups excluding carboxylic acids is 1. The van der Waals surface area contributed by atoms with Gasteiger partial charge in [-0.15, -0.1) is 0 Å². The molecule has 0 aromatic rings. The van der Waals surface area contributed by atoms with E-state index in [0.717, 1.165) is 6.54 Å². The molecule has 0 spiro atoms. The average Bonchev–Trinajstić information content (AvgIpc) is 2.41. The van der Waals surface area contributed by atoms with E-state index in [1.54, 1.807) is 4.90 Å². The Balaban J connectivity index is 2.19. The lowest BCUT2D eigenvalue weighted by Gasteiger charge is -2.36. The molecule has 0 bridgehead atoms. The molecule has 0 aromatic carbocycles. The summed E-state index contributed by atoms with van der Waals surface area (Å²) in [6, 6.07) is -0.183. The number of rotatable bonds is 7. The summed E-state index contributed by atoms with van der Waals surface area (Å²) in [6.45, 7) is 4.84. The van der Waals surface area contributed by atoms with Crippen LogP contribution in [0.4, 0.5) is 4.79 Å². The van der Waals surface area contributed by atoms with Gasteiger partial charge in [0.05, 0.1) is 19.1 Å². The van der Waals surface area contributed by atoms with Crippen LogP contribution in [0.2, 0.25) is 0 Å². The van der Waals surface area contributed by atoms with Gasteiger partial charge in [-0.3, -0.25) is 4.79 Å². The molecule has 21 heavy (non-hydrogen) atoms. The number of carbonyl (C=O) groups is 2. The minimum absolute atomic E-state index is 0.0468. The number of aliphatic carboxylic acids is 1. The Hall–Kier alpha value is -1.34. The quantitative estimate of drug-likeness (QED) is 0.668. The summed E-state index contributed by atoms with van der Waals surface area (Å²) in [7, 11) is 3.96. The van der Waals surface area contributed by atoms with Gasteiger partial charge in [0.15, 0.2) is 0 Å². The van der Waals surface area contributed by atoms with Crippen molar-refractivity contribution in [2.24, 2.45) is 5.92 Å². The molecule has 1 aliphatic rings. The number of hydrogen-bond donors (Lipinski definition) is 2. The molecule has 2 N–H and O–H groups in total. The lowest BCUT2D eigenvalue weighted by molar-refractivity contribution is -0.143. The van der Waals surface area contributed by atoms with E-state index in [1.807, 2.05) is 25.9 Å². The number of likely N-dealkylation sites (tertiary alicyclic amines) is 1. The van der Waals surface area contributed by atoms with E-state index in [4.69, 9.17) is 9.84 Å². The van der Waals surface area contributed by atoms with Crippen molar-refractivity contribution in [1.82, 2.24) is 15.1 Å². The first-order valence-electron chi connectivity index (χ1n) is 7.41. The van der Waals surface area contributed by atoms with Crippen LogP contribution in [0.5, 0.6) is 0 Å². The minimum atomic E-state index is -0.767. The Bertz CT molecular complexity index is 349. The van der Waals surface area contributed by atoms with Crippen molar-refractivity contribution in [3.05, 3.63) is 0 Å². The molecule has 0 aromatic heterocycles. The third-order valence-corrected chi connectivity index (χ3v) is 3.69. The topological polar surface area (TPSA) is 82.1 Å². The summed E-state index contributed by atoms with van der Waals surface area (Å²) < 4.78 is 5.40. The monoisotopic (exact) mass is 301 g/mol. The van der Waals surface area contributed by atoms with Gasteiger partial charge in [0.2, 0.25) is 0 Å². The van der Waals surface area contributed by atoms with Gasteiger partial charge in [-0.25, -0.2) is 4.79 Å². The third kappa shape index (κ3) is 6.31. The number of likely N-dealkylation sites (N-methyl/N-ethyl adjacent to an activating group) is 1. The van der Waals surface area contributed by atoms with Crippen LogP contribution in [-0.4, -0.2) is 79.9 Å². The van der Waals surface area contributed by atoms with Crippen LogP contribution in [-0.2, 0) is 9.53 Å². The smallest absolute Gasteiger partial charge is 0.317 e. The van der Waals surface area contributed by atoms with Crippen LogP contribution in [0, 0.1) is 5.92 Å². The molecule has 1 heterocycles. The summed E-state index contributed by atoms with van der Waals surface area (Å²) in [6.07, 6.45) is 1.04. The molecule has 0 radical (unpaired) electrons. The van der Waals surface area contributed by atoms with Gasteiger partial charge in [-0.05, 0) is 33.9 Å². The SMILES string of the molecule is CC1CC(C(=O)O)CCN1C(=O)NCCOCCN(C)C. The number of nitrogens with one attached hydrogen (secondary N) is 1. The first-order valence-corrected chi connectivity index (χ1v) is 7.41. The molecule has 122 valence electrons. The highest BCUT2D eigenvalue weighted by atomic mass is 16.5. The second kappa shape index (κ2) is 8.84. The summed E-state index contributed by atoms with van der Waals surface area (Å²) in [4.78, 5) is 26.7. The standard InChI is InChI=1S/C14H27N3O4/c1-11-10-12(13(18)19)4-6-17(11)14(20)15-5-8-21-9-7-16(2)3/h11-12H,4-10H2,1-3H3,(H,15,20)(H,18,19). The van der Waals surface area contributed by atoms with E-state index in [-0.39, 0.29) is 18.0 Å². The van der Waals surface area contributed by atoms with Crippen LogP contribution in [0.15, 0.2) is 0 Å². The number of urea groups is 1. The van der Waals surface area contributed by atoms with Gasteiger partial charge in [-0.2, -0.15) is 0 Å². The maximum Gasteiger partial charge on any atom is 0.317 e. The van der Waals surface area contributed by atoms with Gasteiger partial charge in [-0.1, -0.05) is 0 Å². The van der Waals surface area contributed by atoms with E-state index in [0.29, 0.717) is 39.1 Å². The van der Waals surface area contributed by atoms with Crippen LogP contribution in [0.3, 0.4) is 0 Å². The number of carboxylic acid groups (broad SMARTS) is 1. The Morgan fingerprint density at radius 3 is 2.67 bits per heavy atom. The maximum atomic E-state index is 12.0. The molecule has 7 heteroatoms. The van der Waals surface area contributed by atoms with Crippen molar-refractivity contribution in [1.29, 1.82) is 0 Å². The molecule has 2 unspecified atom stereocenters. The van der Waals surface area contributed by atoms with Crippen LogP contribution >= 0.6 is 0 Å². The molecule has 1 saturated heterocycles. The van der Waals surface area contributed by atoms with Crippen molar-refractivity contribution in [2.75, 3.05) is 46.9 Å². The van der Waals surface area contributed by atoms with Crippen molar-refractivity contribution in [3.8, 4) is 0 Å². The highest BCUT2D eigenvalue weighted by molar-refractivity contribution is 5.75. The molecule has 7 nitrogen and oxygen atoms in total. The number of carboxylic acids is 1. The average molecular weight is 301 g/mol. The highest BCUT2D eigenvalue weighted by Crippen LogP contribution is 2.22. The van der Waals surface area contributed by atoms with Crippen molar-refractivity contribution < 1.29 is 19.4 Å². The first kappa shape index (κ1) is 17.7. The summed E-state index contributed by atoms with van der Waals surface area (Å²) in [5.41, 5.74) is 0. The number of amides is 2. The van der Waals surface area contributed by atoms with E-state index in [9.17, 15) is 9.59 Å². The fourth-order valence-electron chi connectivity index (χ4n) is 2.38. The highest BCUT2D eigenvalue weighted by Gasteiger charge is 2.31. The predicted molar refractivity (Wildman–Crippen MR) is 79.3 cm³/mol. The second-order valence-corrected chi connectivity index (χ2v) is 5.75. The lowest BCUT2D eigenvalue weighted by atomic mass is 9.92. The summed E-state index contributed by atoms with van der Waals surface area (Å²) in [5, 5.41) is 11.8. The maximum absolute atomic E-state index is 12.0. The van der Waals surface area contributed by atoms with Crippen molar-refractivity contribution in [3.63, 3.8) is 0 Å². The van der Waals surface area contributed by atoms with E-state index in [2.05, 4.69) is 5.32 Å². The number of nitrogens with zero attached hydrogens (tertiary/aromatic N) is 2. The largest absolute Gasteiger partial charge is 0.481 e. The minimum Gasteiger partial charge on any atom is -0.481 e. The van der Waals surface area contributed by atoms with Crippen LogP contribution < -0.4 is 5.32 Å². The molecule has 0 saturated carbocycles. The van der Waals surface area contributed by atoms with Gasteiger partial charge < -0.3 is 25.0 Å². The first-order chi connectivity index (χ1) is 9.91. The van der Waals surface area contributed by atoms with Crippen molar-refractivity contribution in [2.45, 2.75) is 25.8 Å². The fourth-order valence-corrected chi connectivity index (χ4v) is 2.38. The molecule has 1 rings (SSSR count). The molecule has 2 atom stereocenters. The molecule has 0 aliphatic carbocycles. The van der Waals surface area contributed by atoms with Gasteiger partial charge in [0, 0.05) is 25.7 Å². The summed E-state index contributed by atoms with van der Waals surface area (Å²) in [5.74, 6) is -1.10. The van der Waals surface area contributed by atoms with E-state index < -0.39 is 5.97 Å². The summed E-state index contributed by atoms with van der Waals surface area (Å²) >= 11 is 0. The Kier molecular flexibility index (Phi) is 7.45. The Morgan fingerprint density at radius 1 is 1.38 bits per heavy atom. The zero-order valence-corrected chi connectivity index (χ0v) is 13.2. The zero-order valence-electron chi connectivity index (χ0n) is 13.2. The number of hydrogen-bond acceptors (Lipinski definition) is 4. The Morgan fingerprint density at radius 2 is 2.10 bits per heavy atom. The molecular formula is C14H27N3O4. The van der Waals surface area contributed by atoms with Crippen LogP contribution in [0.25, 0.3) is 0 Å². The Labute approximate surface area is 126 Å². The van der Waals surface area contributed by atoms with E-state index >= 15 is 0 Å². The molecule has 1 aliphatic heterocycles. The fraction of sp³-hybridized carbons (Fsp3) is 0.857. The zero-order chi connectivity index (χ0) is 15.8. The molecule has 1 fully saturated rings. The van der Waals surface area contributed by atoms with Gasteiger partial charge in [0.25, 0.3) is 0 Å². The predicted octanol–water partition coefficient (Wildman–Crippen LogP) is 0.459. The molecular weight excluding hydrogens is 274 g/mol. The van der Waals surface area contributed by atoms with Gasteiger partial charge >= 0.3 is 12.0 Å². The van der Waals surface area contributed by atoms with Gasteiger partial charge in [0.1, 0.15) is 0 Å². The normalized spacial score (nSPS) is 22.4. The van der Waals surface area contributed by atoms with E-state index in [1.165, 1.54) is 0 Å². The second-order valence-electron chi connectivity index (χ2n) is 5.75. The lowest BCUT2D eigenvalue weighted by Crippen LogP contribution is -2.50. The molecule has 2 amide bonds.